The topological polar surface area (TPSA) is 58.6 Å². The van der Waals surface area contributed by atoms with E-state index in [0.29, 0.717) is 24.1 Å². The first-order valence-corrected chi connectivity index (χ1v) is 9.43. The standard InChI is InChI=1S/C22H27NO3/c24-20-10-8-19(9-11-20)22(25)23-16-18-6-12-21(13-7-18)26-15-14-17-4-2-1-3-5-17/h1-5,8-11,18,21,24H,6-7,12-16H2,(H,23,25). The molecular weight excluding hydrogens is 326 g/mol. The van der Waals surface area contributed by atoms with Gasteiger partial charge in [0.05, 0.1) is 12.7 Å². The number of hydrogen-bond donors (Lipinski definition) is 2. The zero-order chi connectivity index (χ0) is 18.2. The smallest absolute Gasteiger partial charge is 0.251 e. The van der Waals surface area contributed by atoms with Crippen LogP contribution in [0.3, 0.4) is 0 Å². The summed E-state index contributed by atoms with van der Waals surface area (Å²) in [7, 11) is 0. The van der Waals surface area contributed by atoms with Crippen LogP contribution in [0.15, 0.2) is 54.6 Å². The second kappa shape index (κ2) is 9.39. The van der Waals surface area contributed by atoms with Gasteiger partial charge in [-0.2, -0.15) is 0 Å². The van der Waals surface area contributed by atoms with Crippen LogP contribution in [0.1, 0.15) is 41.6 Å². The third kappa shape index (κ3) is 5.60. The summed E-state index contributed by atoms with van der Waals surface area (Å²) in [4.78, 5) is 12.1. The number of amides is 1. The summed E-state index contributed by atoms with van der Waals surface area (Å²) < 4.78 is 6.03. The average Bonchev–Trinajstić information content (AvgIpc) is 2.68. The second-order valence-electron chi connectivity index (χ2n) is 7.01. The van der Waals surface area contributed by atoms with Crippen molar-refractivity contribution in [3.05, 3.63) is 65.7 Å². The van der Waals surface area contributed by atoms with Crippen molar-refractivity contribution >= 4 is 5.91 Å². The molecule has 1 fully saturated rings. The lowest BCUT2D eigenvalue weighted by atomic mass is 9.87. The Balaban J connectivity index is 1.32. The highest BCUT2D eigenvalue weighted by atomic mass is 16.5. The lowest BCUT2D eigenvalue weighted by Crippen LogP contribution is -2.32. The first kappa shape index (κ1) is 18.5. The molecule has 1 amide bonds. The minimum Gasteiger partial charge on any atom is -0.508 e. The lowest BCUT2D eigenvalue weighted by Gasteiger charge is -2.28. The molecule has 4 heteroatoms. The molecular formula is C22H27NO3. The summed E-state index contributed by atoms with van der Waals surface area (Å²) >= 11 is 0. The normalized spacial score (nSPS) is 19.8. The number of rotatable bonds is 7. The van der Waals surface area contributed by atoms with E-state index in [9.17, 15) is 9.90 Å². The number of aromatic hydroxyl groups is 1. The maximum atomic E-state index is 12.1. The Labute approximate surface area is 155 Å². The Hall–Kier alpha value is -2.33. The Kier molecular flexibility index (Phi) is 6.67. The summed E-state index contributed by atoms with van der Waals surface area (Å²) in [6.07, 6.45) is 5.62. The molecule has 3 rings (SSSR count). The van der Waals surface area contributed by atoms with E-state index in [4.69, 9.17) is 4.74 Å². The summed E-state index contributed by atoms with van der Waals surface area (Å²) in [5.74, 6) is 0.614. The SMILES string of the molecule is O=C(NCC1CCC(OCCc2ccccc2)CC1)c1ccc(O)cc1. The fraction of sp³-hybridized carbons (Fsp3) is 0.409. The molecule has 0 aliphatic heterocycles. The minimum absolute atomic E-state index is 0.0776. The van der Waals surface area contributed by atoms with E-state index >= 15 is 0 Å². The fourth-order valence-corrected chi connectivity index (χ4v) is 3.44. The number of phenols is 1. The van der Waals surface area contributed by atoms with Gasteiger partial charge in [-0.15, -0.1) is 0 Å². The maximum Gasteiger partial charge on any atom is 0.251 e. The highest BCUT2D eigenvalue weighted by Gasteiger charge is 2.22. The Bertz CT molecular complexity index is 676. The highest BCUT2D eigenvalue weighted by Crippen LogP contribution is 2.26. The van der Waals surface area contributed by atoms with Crippen molar-refractivity contribution in [2.24, 2.45) is 5.92 Å². The molecule has 0 saturated heterocycles. The molecule has 138 valence electrons. The van der Waals surface area contributed by atoms with Gasteiger partial charge in [0, 0.05) is 12.1 Å². The zero-order valence-electron chi connectivity index (χ0n) is 15.1. The molecule has 26 heavy (non-hydrogen) atoms. The molecule has 1 saturated carbocycles. The third-order valence-electron chi connectivity index (χ3n) is 5.06. The Morgan fingerprint density at radius 3 is 2.38 bits per heavy atom. The van der Waals surface area contributed by atoms with Gasteiger partial charge in [-0.25, -0.2) is 0 Å². The van der Waals surface area contributed by atoms with Crippen molar-refractivity contribution in [1.29, 1.82) is 0 Å². The molecule has 2 N–H and O–H groups in total. The molecule has 2 aromatic rings. The second-order valence-corrected chi connectivity index (χ2v) is 7.01. The van der Waals surface area contributed by atoms with Gasteiger partial charge in [-0.1, -0.05) is 30.3 Å². The lowest BCUT2D eigenvalue weighted by molar-refractivity contribution is 0.0199. The van der Waals surface area contributed by atoms with Crippen LogP contribution < -0.4 is 5.32 Å². The van der Waals surface area contributed by atoms with Gasteiger partial charge < -0.3 is 15.2 Å². The van der Waals surface area contributed by atoms with Gasteiger partial charge in [0.1, 0.15) is 5.75 Å². The predicted octanol–water partition coefficient (Wildman–Crippen LogP) is 3.94. The molecule has 0 atom stereocenters. The summed E-state index contributed by atoms with van der Waals surface area (Å²) in [5, 5.41) is 12.3. The van der Waals surface area contributed by atoms with E-state index < -0.39 is 0 Å². The van der Waals surface area contributed by atoms with E-state index in [0.717, 1.165) is 38.7 Å². The quantitative estimate of drug-likeness (QED) is 0.793. The molecule has 4 nitrogen and oxygen atoms in total. The van der Waals surface area contributed by atoms with E-state index in [2.05, 4.69) is 29.6 Å². The van der Waals surface area contributed by atoms with Crippen LogP contribution in [0.2, 0.25) is 0 Å². The maximum absolute atomic E-state index is 12.1. The van der Waals surface area contributed by atoms with Crippen molar-refractivity contribution in [2.75, 3.05) is 13.2 Å². The van der Waals surface area contributed by atoms with Gasteiger partial charge in [-0.3, -0.25) is 4.79 Å². The summed E-state index contributed by atoms with van der Waals surface area (Å²) in [6, 6.07) is 16.8. The monoisotopic (exact) mass is 353 g/mol. The third-order valence-corrected chi connectivity index (χ3v) is 5.06. The Morgan fingerprint density at radius 1 is 1.00 bits per heavy atom. The van der Waals surface area contributed by atoms with Crippen molar-refractivity contribution in [2.45, 2.75) is 38.2 Å². The van der Waals surface area contributed by atoms with E-state index in [1.54, 1.807) is 12.1 Å². The highest BCUT2D eigenvalue weighted by molar-refractivity contribution is 5.94. The van der Waals surface area contributed by atoms with Gasteiger partial charge in [-0.05, 0) is 67.9 Å². The molecule has 1 aliphatic rings. The number of carbonyl (C=O) groups excluding carboxylic acids is 1. The number of hydrogen-bond acceptors (Lipinski definition) is 3. The summed E-state index contributed by atoms with van der Waals surface area (Å²) in [6.45, 7) is 1.48. The molecule has 0 spiro atoms. The van der Waals surface area contributed by atoms with Crippen molar-refractivity contribution < 1.29 is 14.6 Å². The Morgan fingerprint density at radius 2 is 1.69 bits per heavy atom. The van der Waals surface area contributed by atoms with Crippen molar-refractivity contribution in [3.8, 4) is 5.75 Å². The van der Waals surface area contributed by atoms with Gasteiger partial charge in [0.25, 0.3) is 5.91 Å². The molecule has 1 aliphatic carbocycles. The molecule has 0 radical (unpaired) electrons. The molecule has 0 bridgehead atoms. The molecule has 0 heterocycles. The van der Waals surface area contributed by atoms with Crippen LogP contribution in [0.25, 0.3) is 0 Å². The van der Waals surface area contributed by atoms with Crippen LogP contribution in [-0.4, -0.2) is 30.3 Å². The first-order valence-electron chi connectivity index (χ1n) is 9.43. The minimum atomic E-state index is -0.0776. The number of phenolic OH excluding ortho intramolecular Hbond substituents is 1. The van der Waals surface area contributed by atoms with E-state index in [-0.39, 0.29) is 11.7 Å². The zero-order valence-corrected chi connectivity index (χ0v) is 15.1. The average molecular weight is 353 g/mol. The van der Waals surface area contributed by atoms with E-state index in [1.807, 2.05) is 6.07 Å². The first-order chi connectivity index (χ1) is 12.7. The van der Waals surface area contributed by atoms with Crippen LogP contribution >= 0.6 is 0 Å². The van der Waals surface area contributed by atoms with Crippen molar-refractivity contribution in [3.63, 3.8) is 0 Å². The van der Waals surface area contributed by atoms with Gasteiger partial charge in [0.15, 0.2) is 0 Å². The van der Waals surface area contributed by atoms with Gasteiger partial charge in [0.2, 0.25) is 0 Å². The van der Waals surface area contributed by atoms with Crippen LogP contribution in [-0.2, 0) is 11.2 Å². The predicted molar refractivity (Wildman–Crippen MR) is 102 cm³/mol. The number of carbonyl (C=O) groups is 1. The van der Waals surface area contributed by atoms with Crippen molar-refractivity contribution in [1.82, 2.24) is 5.32 Å². The largest absolute Gasteiger partial charge is 0.508 e. The van der Waals surface area contributed by atoms with Gasteiger partial charge >= 0.3 is 0 Å². The number of benzene rings is 2. The number of nitrogens with one attached hydrogen (secondary N) is 1. The molecule has 2 aromatic carbocycles. The summed E-state index contributed by atoms with van der Waals surface area (Å²) in [5.41, 5.74) is 1.90. The van der Waals surface area contributed by atoms with E-state index in [1.165, 1.54) is 17.7 Å². The fourth-order valence-electron chi connectivity index (χ4n) is 3.44. The van der Waals surface area contributed by atoms with Crippen LogP contribution in [0.5, 0.6) is 5.75 Å². The molecule has 0 aromatic heterocycles. The molecule has 0 unspecified atom stereocenters. The van der Waals surface area contributed by atoms with Crippen LogP contribution in [0, 0.1) is 5.92 Å². The number of ether oxygens (including phenoxy) is 1. The van der Waals surface area contributed by atoms with Crippen LogP contribution in [0.4, 0.5) is 0 Å².